The van der Waals surface area contributed by atoms with Crippen LogP contribution in [0.25, 0.3) is 0 Å². The summed E-state index contributed by atoms with van der Waals surface area (Å²) in [4.78, 5) is 13.9. The van der Waals surface area contributed by atoms with Crippen LogP contribution in [0.3, 0.4) is 0 Å². The van der Waals surface area contributed by atoms with Crippen LogP contribution in [-0.4, -0.2) is 37.0 Å². The van der Waals surface area contributed by atoms with Gasteiger partial charge < -0.3 is 10.2 Å². The Balaban J connectivity index is 2.37. The quantitative estimate of drug-likeness (QED) is 0.768. The highest BCUT2D eigenvalue weighted by atomic mass is 16.2. The van der Waals surface area contributed by atoms with Gasteiger partial charge in [0.1, 0.15) is 0 Å². The molecule has 1 aliphatic heterocycles. The topological polar surface area (TPSA) is 32.3 Å². The van der Waals surface area contributed by atoms with Crippen LogP contribution >= 0.6 is 0 Å². The van der Waals surface area contributed by atoms with E-state index < -0.39 is 0 Å². The molecule has 3 nitrogen and oxygen atoms in total. The summed E-state index contributed by atoms with van der Waals surface area (Å²) in [6.07, 6.45) is 4.53. The lowest BCUT2D eigenvalue weighted by molar-refractivity contribution is -0.133. The number of carbonyl (C=O) groups excluding carboxylic acids is 1. The highest BCUT2D eigenvalue weighted by Crippen LogP contribution is 2.11. The fraction of sp³-hybridized carbons (Fsp3) is 0.917. The molecule has 0 aromatic heterocycles. The van der Waals surface area contributed by atoms with Gasteiger partial charge in [0.2, 0.25) is 5.91 Å². The van der Waals surface area contributed by atoms with Crippen LogP contribution in [0, 0.1) is 5.92 Å². The molecule has 3 heteroatoms. The molecule has 0 bridgehead atoms. The summed E-state index contributed by atoms with van der Waals surface area (Å²) >= 11 is 0. The van der Waals surface area contributed by atoms with Crippen molar-refractivity contribution in [2.45, 2.75) is 45.6 Å². The van der Waals surface area contributed by atoms with Crippen molar-refractivity contribution in [1.29, 1.82) is 0 Å². The largest absolute Gasteiger partial charge is 0.344 e. The molecule has 1 unspecified atom stereocenters. The number of hydrogen-bond donors (Lipinski definition) is 1. The molecule has 88 valence electrons. The van der Waals surface area contributed by atoms with Crippen molar-refractivity contribution in [2.24, 2.45) is 5.92 Å². The van der Waals surface area contributed by atoms with Gasteiger partial charge in [-0.2, -0.15) is 0 Å². The van der Waals surface area contributed by atoms with E-state index in [9.17, 15) is 4.79 Å². The van der Waals surface area contributed by atoms with Crippen LogP contribution in [0.1, 0.15) is 39.5 Å². The molecule has 1 rings (SSSR count). The predicted octanol–water partition coefficient (Wildman–Crippen LogP) is 1.63. The Morgan fingerprint density at radius 2 is 2.27 bits per heavy atom. The number of hydrogen-bond acceptors (Lipinski definition) is 2. The van der Waals surface area contributed by atoms with Crippen molar-refractivity contribution in [1.82, 2.24) is 10.2 Å². The lowest BCUT2D eigenvalue weighted by atomic mass is 10.0. The molecular weight excluding hydrogens is 188 g/mol. The van der Waals surface area contributed by atoms with Crippen molar-refractivity contribution >= 4 is 5.91 Å². The van der Waals surface area contributed by atoms with Crippen molar-refractivity contribution in [2.75, 3.05) is 20.1 Å². The summed E-state index contributed by atoms with van der Waals surface area (Å²) in [5.74, 6) is 0.873. The first kappa shape index (κ1) is 12.5. The molecular formula is C12H24N2O. The monoisotopic (exact) mass is 212 g/mol. The fourth-order valence-electron chi connectivity index (χ4n) is 2.02. The van der Waals surface area contributed by atoms with Gasteiger partial charge >= 0.3 is 0 Å². The van der Waals surface area contributed by atoms with E-state index in [1.807, 2.05) is 11.9 Å². The molecule has 0 aromatic carbocycles. The standard InChI is InChI=1S/C12H24N2O/c1-4-10(2)9-14(3)12(15)11-7-5-6-8-13-11/h10-11,13H,4-9H2,1-3H3/t10?,11-/m0/s1. The SMILES string of the molecule is CCC(C)CN(C)C(=O)[C@@H]1CCCCN1. The zero-order chi connectivity index (χ0) is 11.3. The number of piperidine rings is 1. The molecule has 0 saturated carbocycles. The maximum atomic E-state index is 12.0. The molecule has 1 N–H and O–H groups in total. The number of rotatable bonds is 4. The Bertz CT molecular complexity index is 200. The molecule has 0 radical (unpaired) electrons. The third kappa shape index (κ3) is 3.82. The van der Waals surface area contributed by atoms with Crippen molar-refractivity contribution in [3.8, 4) is 0 Å². The average molecular weight is 212 g/mol. The van der Waals surface area contributed by atoms with Crippen LogP contribution < -0.4 is 5.32 Å². The molecule has 1 saturated heterocycles. The summed E-state index contributed by atoms with van der Waals surface area (Å²) < 4.78 is 0. The first-order valence-corrected chi connectivity index (χ1v) is 6.13. The van der Waals surface area contributed by atoms with E-state index in [0.717, 1.165) is 25.9 Å². The third-order valence-electron chi connectivity index (χ3n) is 3.27. The second kappa shape index (κ2) is 6.11. The summed E-state index contributed by atoms with van der Waals surface area (Å²) in [6.45, 7) is 6.24. The van der Waals surface area contributed by atoms with E-state index in [2.05, 4.69) is 19.2 Å². The minimum Gasteiger partial charge on any atom is -0.344 e. The van der Waals surface area contributed by atoms with Gasteiger partial charge in [0, 0.05) is 13.6 Å². The smallest absolute Gasteiger partial charge is 0.239 e. The highest BCUT2D eigenvalue weighted by molar-refractivity contribution is 5.81. The fourth-order valence-corrected chi connectivity index (χ4v) is 2.02. The second-order valence-electron chi connectivity index (χ2n) is 4.73. The second-order valence-corrected chi connectivity index (χ2v) is 4.73. The van der Waals surface area contributed by atoms with Gasteiger partial charge in [0.15, 0.2) is 0 Å². The number of carbonyl (C=O) groups is 1. The Labute approximate surface area is 93.2 Å². The summed E-state index contributed by atoms with van der Waals surface area (Å²) in [5.41, 5.74) is 0. The maximum absolute atomic E-state index is 12.0. The van der Waals surface area contributed by atoms with Crippen molar-refractivity contribution in [3.63, 3.8) is 0 Å². The van der Waals surface area contributed by atoms with E-state index in [1.54, 1.807) is 0 Å². The minimum absolute atomic E-state index is 0.0767. The van der Waals surface area contributed by atoms with Gasteiger partial charge in [-0.3, -0.25) is 4.79 Å². The van der Waals surface area contributed by atoms with Gasteiger partial charge in [-0.25, -0.2) is 0 Å². The molecule has 0 aromatic rings. The Hall–Kier alpha value is -0.570. The van der Waals surface area contributed by atoms with Crippen LogP contribution in [0.2, 0.25) is 0 Å². The van der Waals surface area contributed by atoms with Crippen LogP contribution in [0.5, 0.6) is 0 Å². The van der Waals surface area contributed by atoms with E-state index in [1.165, 1.54) is 12.8 Å². The summed E-state index contributed by atoms with van der Waals surface area (Å²) in [5, 5.41) is 3.30. The summed E-state index contributed by atoms with van der Waals surface area (Å²) in [6, 6.07) is 0.0767. The van der Waals surface area contributed by atoms with E-state index in [-0.39, 0.29) is 11.9 Å². The maximum Gasteiger partial charge on any atom is 0.239 e. The average Bonchev–Trinajstić information content (AvgIpc) is 2.29. The van der Waals surface area contributed by atoms with Crippen LogP contribution in [0.4, 0.5) is 0 Å². The molecule has 1 fully saturated rings. The molecule has 0 aliphatic carbocycles. The van der Waals surface area contributed by atoms with Gasteiger partial charge in [0.25, 0.3) is 0 Å². The number of amides is 1. The molecule has 1 amide bonds. The zero-order valence-corrected chi connectivity index (χ0v) is 10.3. The molecule has 0 spiro atoms. The van der Waals surface area contributed by atoms with Crippen LogP contribution in [0.15, 0.2) is 0 Å². The van der Waals surface area contributed by atoms with E-state index in [4.69, 9.17) is 0 Å². The van der Waals surface area contributed by atoms with Crippen molar-refractivity contribution in [3.05, 3.63) is 0 Å². The van der Waals surface area contributed by atoms with Gasteiger partial charge in [-0.15, -0.1) is 0 Å². The normalized spacial score (nSPS) is 23.5. The molecule has 1 heterocycles. The molecule has 1 aliphatic rings. The van der Waals surface area contributed by atoms with Gasteiger partial charge in [-0.1, -0.05) is 26.7 Å². The number of nitrogens with zero attached hydrogens (tertiary/aromatic N) is 1. The van der Waals surface area contributed by atoms with Crippen molar-refractivity contribution < 1.29 is 4.79 Å². The Morgan fingerprint density at radius 3 is 2.80 bits per heavy atom. The summed E-state index contributed by atoms with van der Waals surface area (Å²) in [7, 11) is 1.92. The highest BCUT2D eigenvalue weighted by Gasteiger charge is 2.23. The number of likely N-dealkylation sites (N-methyl/N-ethyl adjacent to an activating group) is 1. The molecule has 2 atom stereocenters. The van der Waals surface area contributed by atoms with E-state index >= 15 is 0 Å². The lowest BCUT2D eigenvalue weighted by Gasteiger charge is -2.28. The Kier molecular flexibility index (Phi) is 5.09. The lowest BCUT2D eigenvalue weighted by Crippen LogP contribution is -2.48. The third-order valence-corrected chi connectivity index (χ3v) is 3.27. The van der Waals surface area contributed by atoms with Crippen LogP contribution in [-0.2, 0) is 4.79 Å². The minimum atomic E-state index is 0.0767. The first-order valence-electron chi connectivity index (χ1n) is 6.13. The molecule has 15 heavy (non-hydrogen) atoms. The Morgan fingerprint density at radius 1 is 1.53 bits per heavy atom. The number of nitrogens with one attached hydrogen (secondary N) is 1. The zero-order valence-electron chi connectivity index (χ0n) is 10.3. The first-order chi connectivity index (χ1) is 7.15. The predicted molar refractivity (Wildman–Crippen MR) is 62.7 cm³/mol. The van der Waals surface area contributed by atoms with Gasteiger partial charge in [0.05, 0.1) is 6.04 Å². The van der Waals surface area contributed by atoms with E-state index in [0.29, 0.717) is 5.92 Å². The van der Waals surface area contributed by atoms with Gasteiger partial charge in [-0.05, 0) is 25.3 Å².